The van der Waals surface area contributed by atoms with Gasteiger partial charge in [0.1, 0.15) is 0 Å². The predicted octanol–water partition coefficient (Wildman–Crippen LogP) is 1.39. The van der Waals surface area contributed by atoms with Gasteiger partial charge in [0, 0.05) is 7.11 Å². The number of aliphatic hydroxyl groups is 4. The zero-order valence-electron chi connectivity index (χ0n) is 12.5. The lowest BCUT2D eigenvalue weighted by atomic mass is 10.9. The third-order valence-electron chi connectivity index (χ3n) is 2.12. The smallest absolute Gasteiger partial charge is 0.353 e. The number of hydrogen-bond donors (Lipinski definition) is 4. The summed E-state index contributed by atoms with van der Waals surface area (Å²) in [7, 11) is -9.63. The minimum Gasteiger partial charge on any atom is -0.370 e. The average molecular weight is 399 g/mol. The molecule has 0 spiro atoms. The van der Waals surface area contributed by atoms with E-state index in [-0.39, 0.29) is 6.61 Å². The van der Waals surface area contributed by atoms with Crippen LogP contribution in [0.4, 0.5) is 0 Å². The summed E-state index contributed by atoms with van der Waals surface area (Å²) in [6.07, 6.45) is 0. The van der Waals surface area contributed by atoms with Crippen LogP contribution in [0.15, 0.2) is 13.5 Å². The lowest BCUT2D eigenvalue weighted by Crippen LogP contribution is -2.05. The number of aliphatic hydroxyl groups excluding tert-OH is 4. The second-order valence-corrected chi connectivity index (χ2v) is 10.1. The molecule has 0 bridgehead atoms. The summed E-state index contributed by atoms with van der Waals surface area (Å²) in [5, 5.41) is 36.3. The Morgan fingerprint density at radius 1 is 0.652 bits per heavy atom. The van der Waals surface area contributed by atoms with Gasteiger partial charge >= 0.3 is 23.0 Å². The van der Waals surface area contributed by atoms with Crippen molar-refractivity contribution in [1.29, 1.82) is 0 Å². The van der Waals surface area contributed by atoms with Gasteiger partial charge in [0.25, 0.3) is 0 Å². The van der Waals surface area contributed by atoms with Gasteiger partial charge in [-0.15, -0.1) is 13.5 Å². The van der Waals surface area contributed by atoms with Crippen LogP contribution in [0, 0.1) is 0 Å². The number of hydrogen-bond acceptors (Lipinski definition) is 13. The van der Waals surface area contributed by atoms with Crippen LogP contribution in [0.2, 0.25) is 0 Å². The molecule has 16 heteroatoms. The molecule has 0 aromatic heterocycles. The lowest BCUT2D eigenvalue weighted by molar-refractivity contribution is 0.0515. The predicted molar refractivity (Wildman–Crippen MR) is 79.4 cm³/mol. The van der Waals surface area contributed by atoms with Gasteiger partial charge in [-0.05, 0) is 6.92 Å². The Labute approximate surface area is 132 Å². The highest BCUT2D eigenvalue weighted by molar-refractivity contribution is 7.78. The highest BCUT2D eigenvalue weighted by Gasteiger charge is 2.42. The van der Waals surface area contributed by atoms with Crippen LogP contribution in [0.3, 0.4) is 0 Å². The maximum Gasteiger partial charge on any atom is 0.353 e. The first-order valence-electron chi connectivity index (χ1n) is 6.12. The zero-order chi connectivity index (χ0) is 17.4. The summed E-state index contributed by atoms with van der Waals surface area (Å²) in [6, 6.07) is 0. The van der Waals surface area contributed by atoms with Crippen molar-refractivity contribution < 1.29 is 47.6 Å². The van der Waals surface area contributed by atoms with E-state index in [0.29, 0.717) is 0 Å². The van der Waals surface area contributed by atoms with E-state index in [1.807, 2.05) is 0 Å². The van der Waals surface area contributed by atoms with Crippen LogP contribution in [0.1, 0.15) is 6.92 Å². The summed E-state index contributed by atoms with van der Waals surface area (Å²) in [6.45, 7) is -1.61. The van der Waals surface area contributed by atoms with Crippen LogP contribution in [-0.2, 0) is 27.1 Å². The topological polar surface area (TPSA) is 173 Å². The van der Waals surface area contributed by atoms with Crippen molar-refractivity contribution in [2.75, 3.05) is 40.9 Å². The molecule has 0 saturated heterocycles. The van der Waals surface area contributed by atoms with Crippen LogP contribution >= 0.6 is 23.0 Å². The molecule has 1 heterocycles. The van der Waals surface area contributed by atoms with Gasteiger partial charge < -0.3 is 29.5 Å². The third-order valence-corrected chi connectivity index (χ3v) is 10.4. The minimum atomic E-state index is -3.71. The largest absolute Gasteiger partial charge is 0.370 e. The summed E-state index contributed by atoms with van der Waals surface area (Å²) in [5.41, 5.74) is 0. The molecule has 0 radical (unpaired) electrons. The Kier molecular flexibility index (Phi) is 8.99. The summed E-state index contributed by atoms with van der Waals surface area (Å²) in [4.78, 5) is 0. The summed E-state index contributed by atoms with van der Waals surface area (Å²) >= 11 is 0. The quantitative estimate of drug-likeness (QED) is 0.294. The van der Waals surface area contributed by atoms with E-state index in [0.717, 1.165) is 0 Å². The van der Waals surface area contributed by atoms with Gasteiger partial charge in [-0.25, -0.2) is 0 Å². The molecule has 4 N–H and O–H groups in total. The van der Waals surface area contributed by atoms with Crippen molar-refractivity contribution in [3.8, 4) is 0 Å². The van der Waals surface area contributed by atoms with Gasteiger partial charge in [0.05, 0.1) is 6.61 Å². The van der Waals surface area contributed by atoms with E-state index in [1.165, 1.54) is 7.11 Å². The van der Waals surface area contributed by atoms with Crippen molar-refractivity contribution in [2.24, 2.45) is 13.5 Å². The molecule has 2 atom stereocenters. The van der Waals surface area contributed by atoms with E-state index < -0.39 is 50.1 Å². The van der Waals surface area contributed by atoms with Gasteiger partial charge in [0.15, 0.2) is 27.2 Å². The number of rotatable bonds is 11. The second kappa shape index (κ2) is 9.69. The standard InChI is InChI=1S/C7H20N3O10P3/c1-3-16-22(18-5-12)8-21(15-2,17-4-11)9-23(10-22,19-6-13)20-7-14/h11-14H,3-7H2,1-2H3. The van der Waals surface area contributed by atoms with E-state index in [2.05, 4.69) is 13.5 Å². The maximum absolute atomic E-state index is 9.10. The van der Waals surface area contributed by atoms with Gasteiger partial charge in [0.2, 0.25) is 0 Å². The van der Waals surface area contributed by atoms with E-state index in [9.17, 15) is 0 Å². The van der Waals surface area contributed by atoms with Gasteiger partial charge in [-0.2, -0.15) is 0 Å². The van der Waals surface area contributed by atoms with E-state index in [4.69, 9.17) is 47.6 Å². The maximum atomic E-state index is 9.10. The SMILES string of the molecule is CCOP1(OCO)=NP(OC)(OCO)=NP(OCO)(OCO)=N1. The van der Waals surface area contributed by atoms with E-state index in [1.54, 1.807) is 6.92 Å². The first-order valence-corrected chi connectivity index (χ1v) is 10.7. The first-order chi connectivity index (χ1) is 11.0. The zero-order valence-corrected chi connectivity index (χ0v) is 15.1. The fraction of sp³-hybridized carbons (Fsp3) is 1.00. The average Bonchev–Trinajstić information content (AvgIpc) is 2.48. The molecular weight excluding hydrogens is 379 g/mol. The van der Waals surface area contributed by atoms with Crippen molar-refractivity contribution in [1.82, 2.24) is 0 Å². The molecule has 1 rings (SSSR count). The van der Waals surface area contributed by atoms with Gasteiger partial charge in [-0.3, -0.25) is 18.1 Å². The summed E-state index contributed by atoms with van der Waals surface area (Å²) < 4.78 is 42.9. The molecule has 0 aromatic rings. The highest BCUT2D eigenvalue weighted by Crippen LogP contribution is 2.80. The molecular formula is C7H20N3O10P3. The molecule has 23 heavy (non-hydrogen) atoms. The molecule has 0 fully saturated rings. The van der Waals surface area contributed by atoms with Crippen molar-refractivity contribution in [2.45, 2.75) is 6.92 Å². The normalized spacial score (nSPS) is 29.5. The molecule has 1 aliphatic rings. The molecule has 0 amide bonds. The van der Waals surface area contributed by atoms with Crippen molar-refractivity contribution >= 4 is 23.0 Å². The first kappa shape index (κ1) is 21.3. The lowest BCUT2D eigenvalue weighted by Gasteiger charge is -2.31. The second-order valence-electron chi connectivity index (χ2n) is 3.37. The van der Waals surface area contributed by atoms with Crippen molar-refractivity contribution in [3.63, 3.8) is 0 Å². The molecule has 0 aliphatic carbocycles. The van der Waals surface area contributed by atoms with Crippen LogP contribution in [-0.4, -0.2) is 61.3 Å². The molecule has 2 unspecified atom stereocenters. The van der Waals surface area contributed by atoms with E-state index >= 15 is 0 Å². The Morgan fingerprint density at radius 3 is 1.39 bits per heavy atom. The molecule has 138 valence electrons. The Hall–Kier alpha value is 0.290. The Morgan fingerprint density at radius 2 is 1.00 bits per heavy atom. The van der Waals surface area contributed by atoms with Gasteiger partial charge in [-0.1, -0.05) is 0 Å². The molecule has 0 saturated carbocycles. The molecule has 0 aromatic carbocycles. The molecule has 13 nitrogen and oxygen atoms in total. The van der Waals surface area contributed by atoms with Crippen LogP contribution in [0.25, 0.3) is 0 Å². The molecule has 1 aliphatic heterocycles. The third kappa shape index (κ3) is 5.38. The van der Waals surface area contributed by atoms with Crippen LogP contribution < -0.4 is 0 Å². The van der Waals surface area contributed by atoms with Crippen LogP contribution in [0.5, 0.6) is 0 Å². The Balaban J connectivity index is 3.65. The monoisotopic (exact) mass is 399 g/mol. The summed E-state index contributed by atoms with van der Waals surface area (Å²) in [5.74, 6) is 0. The van der Waals surface area contributed by atoms with Crippen molar-refractivity contribution in [3.05, 3.63) is 0 Å². The fourth-order valence-electron chi connectivity index (χ4n) is 1.41. The highest BCUT2D eigenvalue weighted by atomic mass is 31.3. The Bertz CT molecular complexity index is 504. The fourth-order valence-corrected chi connectivity index (χ4v) is 10.1. The minimum absolute atomic E-state index is 0.0852. The number of nitrogens with zero attached hydrogens (tertiary/aromatic N) is 3.